The number of ether oxygens (including phenoxy) is 3. The van der Waals surface area contributed by atoms with E-state index in [0.29, 0.717) is 33.7 Å². The monoisotopic (exact) mass is 557 g/mol. The maximum atomic E-state index is 12.4. The van der Waals surface area contributed by atoms with Crippen LogP contribution >= 0.6 is 38.9 Å². The zero-order chi connectivity index (χ0) is 24.0. The quantitative estimate of drug-likeness (QED) is 0.327. The summed E-state index contributed by atoms with van der Waals surface area (Å²) in [6.45, 7) is 2.01. The first-order chi connectivity index (χ1) is 15.8. The SMILES string of the molecule is COC(=O)c1c(NC(=O)COC(=O)CCCOc2ccc(Br)cc2Cl)sc2c1CCC(C)C2. The van der Waals surface area contributed by atoms with Gasteiger partial charge in [0.25, 0.3) is 5.91 Å². The van der Waals surface area contributed by atoms with E-state index >= 15 is 0 Å². The zero-order valence-corrected chi connectivity index (χ0v) is 21.5. The fourth-order valence-corrected chi connectivity index (χ4v) is 5.67. The molecule has 178 valence electrons. The second-order valence-corrected chi connectivity index (χ2v) is 10.2. The van der Waals surface area contributed by atoms with Gasteiger partial charge in [-0.2, -0.15) is 0 Å². The van der Waals surface area contributed by atoms with Gasteiger partial charge in [-0.25, -0.2) is 4.79 Å². The number of hydrogen-bond donors (Lipinski definition) is 1. The van der Waals surface area contributed by atoms with Crippen molar-refractivity contribution < 1.29 is 28.6 Å². The van der Waals surface area contributed by atoms with Crippen LogP contribution in [0.2, 0.25) is 5.02 Å². The fraction of sp³-hybridized carbons (Fsp3) is 0.435. The van der Waals surface area contributed by atoms with Crippen molar-refractivity contribution in [3.63, 3.8) is 0 Å². The minimum Gasteiger partial charge on any atom is -0.492 e. The van der Waals surface area contributed by atoms with E-state index in [-0.39, 0.29) is 13.0 Å². The van der Waals surface area contributed by atoms with Gasteiger partial charge in [-0.15, -0.1) is 11.3 Å². The second-order valence-electron chi connectivity index (χ2n) is 7.78. The fourth-order valence-electron chi connectivity index (χ4n) is 3.53. The number of halogens is 2. The summed E-state index contributed by atoms with van der Waals surface area (Å²) in [5.74, 6) is -0.432. The Morgan fingerprint density at radius 2 is 2.09 bits per heavy atom. The molecule has 1 aromatic heterocycles. The standard InChI is InChI=1S/C23H25BrClNO6S/c1-13-5-7-15-18(10-13)33-22(21(15)23(29)30-2)26-19(27)12-32-20(28)4-3-9-31-17-8-6-14(24)11-16(17)25/h6,8,11,13H,3-5,7,9-10,12H2,1-2H3,(H,26,27). The Labute approximate surface area is 209 Å². The lowest BCUT2D eigenvalue weighted by Crippen LogP contribution is -2.22. The third-order valence-corrected chi connectivity index (χ3v) is 7.15. The van der Waals surface area contributed by atoms with Crippen LogP contribution in [0.3, 0.4) is 0 Å². The van der Waals surface area contributed by atoms with Crippen molar-refractivity contribution in [3.8, 4) is 5.75 Å². The number of hydrogen-bond acceptors (Lipinski definition) is 7. The number of rotatable bonds is 9. The molecule has 2 aromatic rings. The van der Waals surface area contributed by atoms with Crippen LogP contribution in [0.25, 0.3) is 0 Å². The molecule has 1 amide bonds. The first kappa shape index (κ1) is 25.5. The highest BCUT2D eigenvalue weighted by molar-refractivity contribution is 9.10. The molecule has 3 rings (SSSR count). The Morgan fingerprint density at radius 1 is 1.30 bits per heavy atom. The second kappa shape index (κ2) is 11.9. The summed E-state index contributed by atoms with van der Waals surface area (Å²) < 4.78 is 16.4. The van der Waals surface area contributed by atoms with Crippen LogP contribution in [0.4, 0.5) is 5.00 Å². The predicted molar refractivity (Wildman–Crippen MR) is 130 cm³/mol. The van der Waals surface area contributed by atoms with Crippen LogP contribution in [0.5, 0.6) is 5.75 Å². The maximum absolute atomic E-state index is 12.4. The molecule has 7 nitrogen and oxygen atoms in total. The van der Waals surface area contributed by atoms with Gasteiger partial charge in [0, 0.05) is 15.8 Å². The van der Waals surface area contributed by atoms with Gasteiger partial charge in [-0.05, 0) is 55.4 Å². The normalized spacial score (nSPS) is 14.8. The summed E-state index contributed by atoms with van der Waals surface area (Å²) in [6.07, 6.45) is 3.13. The van der Waals surface area contributed by atoms with Crippen molar-refractivity contribution in [2.24, 2.45) is 5.92 Å². The molecule has 1 aromatic carbocycles. The number of fused-ring (bicyclic) bond motifs is 1. The molecule has 10 heteroatoms. The van der Waals surface area contributed by atoms with Gasteiger partial charge in [0.1, 0.15) is 10.8 Å². The Morgan fingerprint density at radius 3 is 2.82 bits per heavy atom. The summed E-state index contributed by atoms with van der Waals surface area (Å²) in [4.78, 5) is 37.7. The van der Waals surface area contributed by atoms with Crippen LogP contribution in [0, 0.1) is 5.92 Å². The molecule has 0 spiro atoms. The number of thiophene rings is 1. The average molecular weight is 559 g/mol. The molecule has 0 radical (unpaired) electrons. The van der Waals surface area contributed by atoms with Crippen molar-refractivity contribution >= 4 is 61.7 Å². The molecule has 1 unspecified atom stereocenters. The molecule has 1 atom stereocenters. The van der Waals surface area contributed by atoms with Gasteiger partial charge >= 0.3 is 11.9 Å². The van der Waals surface area contributed by atoms with Gasteiger partial charge in [-0.1, -0.05) is 34.5 Å². The number of carbonyl (C=O) groups is 3. The van der Waals surface area contributed by atoms with E-state index in [9.17, 15) is 14.4 Å². The summed E-state index contributed by atoms with van der Waals surface area (Å²) in [5.41, 5.74) is 1.36. The van der Waals surface area contributed by atoms with Gasteiger partial charge in [0.15, 0.2) is 6.61 Å². The Hall–Kier alpha value is -2.10. The minimum atomic E-state index is -0.511. The predicted octanol–water partition coefficient (Wildman–Crippen LogP) is 5.42. The van der Waals surface area contributed by atoms with E-state index < -0.39 is 24.5 Å². The van der Waals surface area contributed by atoms with Crippen LogP contribution in [-0.4, -0.2) is 38.2 Å². The lowest BCUT2D eigenvalue weighted by atomic mass is 9.88. The molecule has 33 heavy (non-hydrogen) atoms. The molecule has 0 fully saturated rings. The van der Waals surface area contributed by atoms with E-state index in [1.54, 1.807) is 12.1 Å². The first-order valence-corrected chi connectivity index (χ1v) is 12.5. The summed E-state index contributed by atoms with van der Waals surface area (Å²) in [7, 11) is 1.32. The number of anilines is 1. The average Bonchev–Trinajstić information content (AvgIpc) is 3.12. The van der Waals surface area contributed by atoms with Crippen LogP contribution < -0.4 is 10.1 Å². The van der Waals surface area contributed by atoms with Crippen LogP contribution in [0.1, 0.15) is 47.0 Å². The van der Waals surface area contributed by atoms with Gasteiger partial charge in [0.05, 0.1) is 24.3 Å². The van der Waals surface area contributed by atoms with E-state index in [2.05, 4.69) is 28.2 Å². The molecular formula is C23H25BrClNO6S. The lowest BCUT2D eigenvalue weighted by molar-refractivity contribution is -0.147. The largest absolute Gasteiger partial charge is 0.492 e. The molecule has 1 N–H and O–H groups in total. The van der Waals surface area contributed by atoms with Crippen LogP contribution in [-0.2, 0) is 31.9 Å². The van der Waals surface area contributed by atoms with Crippen molar-refractivity contribution in [1.29, 1.82) is 0 Å². The third kappa shape index (κ3) is 6.94. The van der Waals surface area contributed by atoms with E-state index in [1.165, 1.54) is 18.4 Å². The van der Waals surface area contributed by atoms with Crippen molar-refractivity contribution in [2.75, 3.05) is 25.6 Å². The van der Waals surface area contributed by atoms with Gasteiger partial charge in [0.2, 0.25) is 0 Å². The maximum Gasteiger partial charge on any atom is 0.341 e. The zero-order valence-electron chi connectivity index (χ0n) is 18.4. The lowest BCUT2D eigenvalue weighted by Gasteiger charge is -2.18. The Bertz CT molecular complexity index is 1040. The number of esters is 2. The number of nitrogens with one attached hydrogen (secondary N) is 1. The highest BCUT2D eigenvalue weighted by Crippen LogP contribution is 2.40. The van der Waals surface area contributed by atoms with E-state index in [1.807, 2.05) is 6.07 Å². The molecule has 1 heterocycles. The molecule has 0 aliphatic heterocycles. The number of benzene rings is 1. The summed E-state index contributed by atoms with van der Waals surface area (Å²) in [5, 5.41) is 3.63. The number of amides is 1. The van der Waals surface area contributed by atoms with Crippen LogP contribution in [0.15, 0.2) is 22.7 Å². The molecular weight excluding hydrogens is 534 g/mol. The van der Waals surface area contributed by atoms with Gasteiger partial charge < -0.3 is 19.5 Å². The van der Waals surface area contributed by atoms with E-state index in [4.69, 9.17) is 25.8 Å². The molecule has 0 saturated carbocycles. The summed E-state index contributed by atoms with van der Waals surface area (Å²) >= 11 is 10.8. The molecule has 1 aliphatic rings. The van der Waals surface area contributed by atoms with E-state index in [0.717, 1.165) is 34.2 Å². The number of carbonyl (C=O) groups excluding carboxylic acids is 3. The van der Waals surface area contributed by atoms with Crippen molar-refractivity contribution in [3.05, 3.63) is 43.7 Å². The minimum absolute atomic E-state index is 0.0972. The first-order valence-electron chi connectivity index (χ1n) is 10.5. The van der Waals surface area contributed by atoms with Gasteiger partial charge in [-0.3, -0.25) is 9.59 Å². The topological polar surface area (TPSA) is 90.9 Å². The highest BCUT2D eigenvalue weighted by Gasteiger charge is 2.29. The Balaban J connectivity index is 1.46. The van der Waals surface area contributed by atoms with Crippen molar-refractivity contribution in [2.45, 2.75) is 39.0 Å². The highest BCUT2D eigenvalue weighted by atomic mass is 79.9. The number of methoxy groups -OCH3 is 1. The smallest absolute Gasteiger partial charge is 0.341 e. The van der Waals surface area contributed by atoms with Crippen molar-refractivity contribution in [1.82, 2.24) is 0 Å². The molecule has 1 aliphatic carbocycles. The summed E-state index contributed by atoms with van der Waals surface area (Å²) in [6, 6.07) is 5.27. The third-order valence-electron chi connectivity index (χ3n) is 5.20. The molecule has 0 saturated heterocycles. The molecule has 0 bridgehead atoms. The Kier molecular flexibility index (Phi) is 9.17.